The van der Waals surface area contributed by atoms with E-state index in [4.69, 9.17) is 0 Å². The molecule has 3 atom stereocenters. The standard InChI is InChI=1S/C17H23BrF3N3O/c1-9-5-4-6-10(2)23(9)16(25)11(3)24-14(12-7-8-12)13(18)15(22-24)17(19,20)21/h9-12H,4-8H2,1-3H3. The molecule has 0 N–H and O–H groups in total. The average Bonchev–Trinajstić information content (AvgIpc) is 3.27. The topological polar surface area (TPSA) is 38.1 Å². The number of hydrogen-bond acceptors (Lipinski definition) is 2. The van der Waals surface area contributed by atoms with Gasteiger partial charge in [0.1, 0.15) is 6.04 Å². The summed E-state index contributed by atoms with van der Waals surface area (Å²) in [5, 5.41) is 3.81. The third kappa shape index (κ3) is 3.46. The first-order valence-corrected chi connectivity index (χ1v) is 9.59. The van der Waals surface area contributed by atoms with Gasteiger partial charge in [-0.15, -0.1) is 0 Å². The first-order chi connectivity index (χ1) is 11.6. The van der Waals surface area contributed by atoms with E-state index >= 15 is 0 Å². The number of alkyl halides is 3. The molecule has 1 saturated carbocycles. The molecule has 3 unspecified atom stereocenters. The van der Waals surface area contributed by atoms with Crippen LogP contribution in [0.25, 0.3) is 0 Å². The van der Waals surface area contributed by atoms with Crippen LogP contribution in [-0.2, 0) is 11.0 Å². The normalized spacial score (nSPS) is 26.0. The molecule has 140 valence electrons. The number of halogens is 4. The fraction of sp³-hybridized carbons (Fsp3) is 0.765. The molecule has 1 amide bonds. The summed E-state index contributed by atoms with van der Waals surface area (Å²) < 4.78 is 41.1. The van der Waals surface area contributed by atoms with E-state index in [9.17, 15) is 18.0 Å². The Morgan fingerprint density at radius 1 is 1.20 bits per heavy atom. The molecule has 3 rings (SSSR count). The maximum Gasteiger partial charge on any atom is 0.436 e. The van der Waals surface area contributed by atoms with Crippen molar-refractivity contribution in [2.75, 3.05) is 0 Å². The number of likely N-dealkylation sites (tertiary alicyclic amines) is 1. The van der Waals surface area contributed by atoms with Crippen LogP contribution in [0.15, 0.2) is 4.47 Å². The van der Waals surface area contributed by atoms with E-state index in [1.54, 1.807) is 6.92 Å². The first-order valence-electron chi connectivity index (χ1n) is 8.80. The molecule has 0 bridgehead atoms. The van der Waals surface area contributed by atoms with Crippen LogP contribution >= 0.6 is 15.9 Å². The minimum atomic E-state index is -4.54. The van der Waals surface area contributed by atoms with Crippen LogP contribution in [-0.4, -0.2) is 32.7 Å². The summed E-state index contributed by atoms with van der Waals surface area (Å²) >= 11 is 3.09. The molecule has 2 fully saturated rings. The fourth-order valence-corrected chi connectivity index (χ4v) is 4.61. The fourth-order valence-electron chi connectivity index (χ4n) is 3.80. The van der Waals surface area contributed by atoms with Crippen LogP contribution in [0.1, 0.15) is 76.2 Å². The Kier molecular flexibility index (Phi) is 4.94. The Balaban J connectivity index is 1.96. The van der Waals surface area contributed by atoms with E-state index in [1.165, 1.54) is 4.68 Å². The van der Waals surface area contributed by atoms with E-state index in [1.807, 2.05) is 18.7 Å². The smallest absolute Gasteiger partial charge is 0.335 e. The van der Waals surface area contributed by atoms with Crippen molar-refractivity contribution < 1.29 is 18.0 Å². The van der Waals surface area contributed by atoms with Crippen molar-refractivity contribution >= 4 is 21.8 Å². The quantitative estimate of drug-likeness (QED) is 0.696. The van der Waals surface area contributed by atoms with Gasteiger partial charge < -0.3 is 4.90 Å². The summed E-state index contributed by atoms with van der Waals surface area (Å²) in [5.74, 6) is -0.102. The molecule has 1 aromatic rings. The Labute approximate surface area is 153 Å². The van der Waals surface area contributed by atoms with Gasteiger partial charge in [0.05, 0.1) is 10.2 Å². The number of hydrogen-bond donors (Lipinski definition) is 0. The third-order valence-corrected chi connectivity index (χ3v) is 6.07. The van der Waals surface area contributed by atoms with Crippen LogP contribution in [0, 0.1) is 0 Å². The molecule has 4 nitrogen and oxygen atoms in total. The van der Waals surface area contributed by atoms with Crippen molar-refractivity contribution in [3.8, 4) is 0 Å². The molecule has 1 aromatic heterocycles. The number of piperidine rings is 1. The second-order valence-corrected chi connectivity index (χ2v) is 8.11. The van der Waals surface area contributed by atoms with Crippen LogP contribution in [0.4, 0.5) is 13.2 Å². The lowest BCUT2D eigenvalue weighted by molar-refractivity contribution is -0.144. The number of amides is 1. The molecule has 1 aliphatic carbocycles. The van der Waals surface area contributed by atoms with Gasteiger partial charge in [-0.25, -0.2) is 0 Å². The highest BCUT2D eigenvalue weighted by atomic mass is 79.9. The summed E-state index contributed by atoms with van der Waals surface area (Å²) in [4.78, 5) is 14.9. The molecule has 2 heterocycles. The Bertz CT molecular complexity index is 659. The van der Waals surface area contributed by atoms with Crippen molar-refractivity contribution in [2.24, 2.45) is 0 Å². The third-order valence-electron chi connectivity index (χ3n) is 5.29. The molecule has 25 heavy (non-hydrogen) atoms. The Morgan fingerprint density at radius 3 is 2.24 bits per heavy atom. The van der Waals surface area contributed by atoms with Gasteiger partial charge in [-0.1, -0.05) is 0 Å². The van der Waals surface area contributed by atoms with Crippen molar-refractivity contribution in [3.05, 3.63) is 15.9 Å². The summed E-state index contributed by atoms with van der Waals surface area (Å²) in [6.45, 7) is 5.66. The van der Waals surface area contributed by atoms with Gasteiger partial charge >= 0.3 is 6.18 Å². The molecule has 2 aliphatic rings. The molecule has 8 heteroatoms. The summed E-state index contributed by atoms with van der Waals surface area (Å²) in [6.07, 6.45) is 0.0450. The minimum absolute atomic E-state index is 0.0121. The maximum atomic E-state index is 13.3. The summed E-state index contributed by atoms with van der Waals surface area (Å²) in [7, 11) is 0. The molecular weight excluding hydrogens is 399 g/mol. The highest BCUT2D eigenvalue weighted by molar-refractivity contribution is 9.10. The van der Waals surface area contributed by atoms with Gasteiger partial charge in [-0.2, -0.15) is 18.3 Å². The van der Waals surface area contributed by atoms with Crippen molar-refractivity contribution in [2.45, 2.75) is 83.1 Å². The molecule has 1 aliphatic heterocycles. The zero-order valence-corrected chi connectivity index (χ0v) is 16.2. The molecule has 0 spiro atoms. The number of nitrogens with zero attached hydrogens (tertiary/aromatic N) is 3. The SMILES string of the molecule is CC1CCCC(C)N1C(=O)C(C)n1nc(C(F)(F)F)c(Br)c1C1CC1. The van der Waals surface area contributed by atoms with Gasteiger partial charge in [-0.3, -0.25) is 9.48 Å². The largest absolute Gasteiger partial charge is 0.436 e. The highest BCUT2D eigenvalue weighted by Gasteiger charge is 2.44. The second-order valence-electron chi connectivity index (χ2n) is 7.31. The zero-order chi connectivity index (χ0) is 18.5. The number of carbonyl (C=O) groups is 1. The molecule has 0 aromatic carbocycles. The predicted molar refractivity (Wildman–Crippen MR) is 91.2 cm³/mol. The number of aromatic nitrogens is 2. The lowest BCUT2D eigenvalue weighted by Crippen LogP contribution is -2.50. The lowest BCUT2D eigenvalue weighted by Gasteiger charge is -2.40. The summed E-state index contributed by atoms with van der Waals surface area (Å²) in [5.41, 5.74) is -0.431. The monoisotopic (exact) mass is 421 g/mol. The van der Waals surface area contributed by atoms with Gasteiger partial charge in [-0.05, 0) is 68.8 Å². The van der Waals surface area contributed by atoms with Crippen LogP contribution < -0.4 is 0 Å². The van der Waals surface area contributed by atoms with Gasteiger partial charge in [0.15, 0.2) is 5.69 Å². The lowest BCUT2D eigenvalue weighted by atomic mass is 9.96. The van der Waals surface area contributed by atoms with E-state index in [0.29, 0.717) is 5.69 Å². The highest BCUT2D eigenvalue weighted by Crippen LogP contribution is 2.48. The Morgan fingerprint density at radius 2 is 1.76 bits per heavy atom. The first kappa shape index (κ1) is 18.7. The Hall–Kier alpha value is -1.05. The van der Waals surface area contributed by atoms with Gasteiger partial charge in [0, 0.05) is 18.0 Å². The number of carbonyl (C=O) groups excluding carboxylic acids is 1. The van der Waals surface area contributed by atoms with E-state index in [2.05, 4.69) is 21.0 Å². The van der Waals surface area contributed by atoms with Crippen LogP contribution in [0.2, 0.25) is 0 Å². The molecular formula is C17H23BrF3N3O. The van der Waals surface area contributed by atoms with Crippen LogP contribution in [0.5, 0.6) is 0 Å². The number of rotatable bonds is 3. The molecule has 1 saturated heterocycles. The van der Waals surface area contributed by atoms with Gasteiger partial charge in [0.2, 0.25) is 5.91 Å². The minimum Gasteiger partial charge on any atom is -0.335 e. The van der Waals surface area contributed by atoms with E-state index < -0.39 is 17.9 Å². The zero-order valence-electron chi connectivity index (χ0n) is 14.6. The van der Waals surface area contributed by atoms with E-state index in [-0.39, 0.29) is 28.4 Å². The van der Waals surface area contributed by atoms with Crippen LogP contribution in [0.3, 0.4) is 0 Å². The average molecular weight is 422 g/mol. The molecule has 0 radical (unpaired) electrons. The summed E-state index contributed by atoms with van der Waals surface area (Å²) in [6, 6.07) is -0.542. The van der Waals surface area contributed by atoms with Crippen molar-refractivity contribution in [1.29, 1.82) is 0 Å². The van der Waals surface area contributed by atoms with Gasteiger partial charge in [0.25, 0.3) is 0 Å². The van der Waals surface area contributed by atoms with Crippen molar-refractivity contribution in [3.63, 3.8) is 0 Å². The predicted octanol–water partition coefficient (Wildman–Crippen LogP) is 4.89. The maximum absolute atomic E-state index is 13.3. The van der Waals surface area contributed by atoms with E-state index in [0.717, 1.165) is 32.1 Å². The van der Waals surface area contributed by atoms with Crippen molar-refractivity contribution in [1.82, 2.24) is 14.7 Å². The second kappa shape index (κ2) is 6.59.